The highest BCUT2D eigenvalue weighted by Crippen LogP contribution is 2.36. The molecule has 1 aromatic heterocycles. The molecule has 0 amide bonds. The largest absolute Gasteiger partial charge is 0.316 e. The summed E-state index contributed by atoms with van der Waals surface area (Å²) >= 11 is 1.96. The van der Waals surface area contributed by atoms with Crippen molar-refractivity contribution >= 4 is 23.7 Å². The van der Waals surface area contributed by atoms with Crippen LogP contribution in [-0.4, -0.2) is 36.1 Å². The number of likely N-dealkylation sites (N-methyl/N-ethyl adjacent to an activating group) is 1. The molecule has 1 N–H and O–H groups in total. The van der Waals surface area contributed by atoms with Crippen LogP contribution in [0.15, 0.2) is 6.20 Å². The van der Waals surface area contributed by atoms with Crippen LogP contribution in [0.1, 0.15) is 54.3 Å². The Kier molecular flexibility index (Phi) is 6.27. The van der Waals surface area contributed by atoms with E-state index in [1.807, 2.05) is 11.3 Å². The number of halogens is 1. The van der Waals surface area contributed by atoms with Gasteiger partial charge < -0.3 is 5.32 Å². The average Bonchev–Trinajstić information content (AvgIpc) is 3.09. The third kappa shape index (κ3) is 3.94. The van der Waals surface area contributed by atoms with E-state index in [1.54, 1.807) is 0 Å². The molecular formula is C15H26ClN3S. The normalized spacial score (nSPS) is 24.8. The predicted octanol–water partition coefficient (Wildman–Crippen LogP) is 3.41. The van der Waals surface area contributed by atoms with Gasteiger partial charge in [-0.1, -0.05) is 12.8 Å². The van der Waals surface area contributed by atoms with E-state index in [4.69, 9.17) is 0 Å². The van der Waals surface area contributed by atoms with E-state index in [9.17, 15) is 0 Å². The zero-order valence-corrected chi connectivity index (χ0v) is 13.9. The summed E-state index contributed by atoms with van der Waals surface area (Å²) in [6.07, 6.45) is 10.3. The van der Waals surface area contributed by atoms with E-state index in [2.05, 4.69) is 28.4 Å². The fourth-order valence-electron chi connectivity index (χ4n) is 3.41. The van der Waals surface area contributed by atoms with Gasteiger partial charge in [0.25, 0.3) is 0 Å². The fraction of sp³-hybridized carbons (Fsp3) is 0.800. The molecule has 0 aromatic carbocycles. The lowest BCUT2D eigenvalue weighted by Gasteiger charge is -2.32. The minimum absolute atomic E-state index is 0. The van der Waals surface area contributed by atoms with Crippen LogP contribution >= 0.6 is 23.7 Å². The molecule has 0 radical (unpaired) electrons. The lowest BCUT2D eigenvalue weighted by atomic mass is 10.1. The summed E-state index contributed by atoms with van der Waals surface area (Å²) in [7, 11) is 2.08. The Morgan fingerprint density at radius 3 is 2.85 bits per heavy atom. The zero-order chi connectivity index (χ0) is 13.1. The fourth-order valence-corrected chi connectivity index (χ4v) is 4.54. The highest BCUT2D eigenvalue weighted by atomic mass is 35.5. The van der Waals surface area contributed by atoms with Gasteiger partial charge in [-0.25, -0.2) is 4.98 Å². The molecular weight excluding hydrogens is 290 g/mol. The van der Waals surface area contributed by atoms with Crippen LogP contribution in [0.4, 0.5) is 0 Å². The Morgan fingerprint density at radius 1 is 1.30 bits per heavy atom. The highest BCUT2D eigenvalue weighted by molar-refractivity contribution is 7.11. The van der Waals surface area contributed by atoms with Gasteiger partial charge in [-0.05, 0) is 39.3 Å². The summed E-state index contributed by atoms with van der Waals surface area (Å²) in [4.78, 5) is 8.72. The molecule has 1 atom stereocenters. The van der Waals surface area contributed by atoms with Crippen LogP contribution in [0.25, 0.3) is 0 Å². The number of piperidine rings is 1. The van der Waals surface area contributed by atoms with Gasteiger partial charge in [-0.15, -0.1) is 23.7 Å². The number of aromatic nitrogens is 1. The number of nitrogens with one attached hydrogen (secondary N) is 1. The molecule has 1 saturated heterocycles. The Labute approximate surface area is 132 Å². The number of hydrogen-bond acceptors (Lipinski definition) is 4. The van der Waals surface area contributed by atoms with Crippen LogP contribution in [0.2, 0.25) is 0 Å². The molecule has 1 aliphatic carbocycles. The molecule has 5 heteroatoms. The number of hydrogen-bond donors (Lipinski definition) is 1. The third-order valence-corrected chi connectivity index (χ3v) is 5.71. The van der Waals surface area contributed by atoms with Crippen LogP contribution < -0.4 is 5.32 Å². The van der Waals surface area contributed by atoms with Gasteiger partial charge in [0.1, 0.15) is 0 Å². The minimum atomic E-state index is 0. The number of rotatable bonds is 4. The van der Waals surface area contributed by atoms with Gasteiger partial charge >= 0.3 is 0 Å². The lowest BCUT2D eigenvalue weighted by molar-refractivity contribution is 0.189. The van der Waals surface area contributed by atoms with Gasteiger partial charge in [-0.3, -0.25) is 4.90 Å². The van der Waals surface area contributed by atoms with Crippen molar-refractivity contribution in [1.82, 2.24) is 15.2 Å². The molecule has 3 nitrogen and oxygen atoms in total. The lowest BCUT2D eigenvalue weighted by Crippen LogP contribution is -2.43. The smallest absolute Gasteiger partial charge is 0.0959 e. The van der Waals surface area contributed by atoms with Crippen molar-refractivity contribution in [1.29, 1.82) is 0 Å². The van der Waals surface area contributed by atoms with Gasteiger partial charge in [0.15, 0.2) is 0 Å². The summed E-state index contributed by atoms with van der Waals surface area (Å²) in [5, 5.41) is 4.81. The number of nitrogens with zero attached hydrogens (tertiary/aromatic N) is 2. The van der Waals surface area contributed by atoms with E-state index in [0.717, 1.165) is 12.5 Å². The van der Waals surface area contributed by atoms with Crippen molar-refractivity contribution in [3.63, 3.8) is 0 Å². The van der Waals surface area contributed by atoms with Gasteiger partial charge in [-0.2, -0.15) is 0 Å². The molecule has 20 heavy (non-hydrogen) atoms. The molecule has 2 heterocycles. The van der Waals surface area contributed by atoms with Crippen LogP contribution in [-0.2, 0) is 6.54 Å². The van der Waals surface area contributed by atoms with Crippen LogP contribution in [0.5, 0.6) is 0 Å². The summed E-state index contributed by atoms with van der Waals surface area (Å²) in [5.41, 5.74) is 0. The topological polar surface area (TPSA) is 28.2 Å². The second-order valence-corrected chi connectivity index (χ2v) is 7.16. The van der Waals surface area contributed by atoms with Gasteiger partial charge in [0.05, 0.1) is 5.01 Å². The summed E-state index contributed by atoms with van der Waals surface area (Å²) in [5.74, 6) is 0.769. The first-order valence-electron chi connectivity index (χ1n) is 7.69. The van der Waals surface area contributed by atoms with Crippen molar-refractivity contribution < 1.29 is 0 Å². The van der Waals surface area contributed by atoms with E-state index in [-0.39, 0.29) is 12.4 Å². The third-order valence-electron chi connectivity index (χ3n) is 4.57. The summed E-state index contributed by atoms with van der Waals surface area (Å²) in [6.45, 7) is 3.53. The summed E-state index contributed by atoms with van der Waals surface area (Å²) < 4.78 is 0. The molecule has 0 bridgehead atoms. The maximum absolute atomic E-state index is 4.68. The van der Waals surface area contributed by atoms with E-state index < -0.39 is 0 Å². The molecule has 2 fully saturated rings. The average molecular weight is 316 g/mol. The summed E-state index contributed by atoms with van der Waals surface area (Å²) in [6, 6.07) is 0.677. The number of likely N-dealkylation sites (tertiary alicyclic amines) is 1. The maximum atomic E-state index is 4.68. The van der Waals surface area contributed by atoms with Crippen molar-refractivity contribution in [2.75, 3.05) is 20.1 Å². The minimum Gasteiger partial charge on any atom is -0.316 e. The van der Waals surface area contributed by atoms with Gasteiger partial charge in [0.2, 0.25) is 0 Å². The van der Waals surface area contributed by atoms with E-state index >= 15 is 0 Å². The van der Waals surface area contributed by atoms with Crippen molar-refractivity contribution in [2.45, 2.75) is 57.0 Å². The Bertz CT molecular complexity index is 404. The molecule has 3 rings (SSSR count). The van der Waals surface area contributed by atoms with Crippen molar-refractivity contribution in [3.05, 3.63) is 16.1 Å². The molecule has 0 spiro atoms. The highest BCUT2D eigenvalue weighted by Gasteiger charge is 2.22. The second-order valence-electron chi connectivity index (χ2n) is 6.01. The van der Waals surface area contributed by atoms with E-state index in [1.165, 1.54) is 61.5 Å². The van der Waals surface area contributed by atoms with Crippen LogP contribution in [0.3, 0.4) is 0 Å². The zero-order valence-electron chi connectivity index (χ0n) is 12.3. The first kappa shape index (κ1) is 16.2. The molecule has 1 aliphatic heterocycles. The second kappa shape index (κ2) is 7.74. The van der Waals surface area contributed by atoms with Crippen molar-refractivity contribution in [3.8, 4) is 0 Å². The molecule has 1 unspecified atom stereocenters. The Morgan fingerprint density at radius 2 is 2.10 bits per heavy atom. The molecule has 1 saturated carbocycles. The molecule has 114 valence electrons. The molecule has 1 aromatic rings. The number of thiazole rings is 1. The van der Waals surface area contributed by atoms with Crippen molar-refractivity contribution in [2.24, 2.45) is 0 Å². The maximum Gasteiger partial charge on any atom is 0.0959 e. The standard InChI is InChI=1S/C15H25N3S.ClH/c1-16-13-7-4-8-18(10-13)11-14-9-17-15(19-14)12-5-2-3-6-12;/h9,12-13,16H,2-8,10-11H2,1H3;1H. The monoisotopic (exact) mass is 315 g/mol. The first-order valence-corrected chi connectivity index (χ1v) is 8.51. The SMILES string of the molecule is CNC1CCCN(Cc2cnc(C3CCCC3)s2)C1.Cl. The van der Waals surface area contributed by atoms with E-state index in [0.29, 0.717) is 6.04 Å². The molecule has 2 aliphatic rings. The van der Waals surface area contributed by atoms with Gasteiger partial charge in [0, 0.05) is 36.1 Å². The Balaban J connectivity index is 0.00000147. The Hall–Kier alpha value is -0.160. The first-order chi connectivity index (χ1) is 9.35. The van der Waals surface area contributed by atoms with Crippen LogP contribution in [0, 0.1) is 0 Å². The quantitative estimate of drug-likeness (QED) is 0.923. The predicted molar refractivity (Wildman–Crippen MR) is 87.9 cm³/mol.